The van der Waals surface area contributed by atoms with Gasteiger partial charge >= 0.3 is 5.97 Å². The van der Waals surface area contributed by atoms with Crippen LogP contribution in [0.1, 0.15) is 23.3 Å². The molecule has 0 radical (unpaired) electrons. The summed E-state index contributed by atoms with van der Waals surface area (Å²) in [6, 6.07) is 1.42. The Labute approximate surface area is 91.9 Å². The first-order chi connectivity index (χ1) is 7.75. The molecule has 6 nitrogen and oxygen atoms in total. The maximum absolute atomic E-state index is 11.3. The number of rotatable bonds is 5. The minimum Gasteiger partial charge on any atom is -0.464 e. The topological polar surface area (TPSA) is 81.4 Å². The monoisotopic (exact) mass is 224 g/mol. The SMILES string of the molecule is O=C(CNC(=O)c1ccon1)OCC1CC1. The molecule has 86 valence electrons. The maximum atomic E-state index is 11.3. The molecule has 0 unspecified atom stereocenters. The van der Waals surface area contributed by atoms with Crippen molar-refractivity contribution in [3.63, 3.8) is 0 Å². The predicted molar refractivity (Wildman–Crippen MR) is 52.5 cm³/mol. The van der Waals surface area contributed by atoms with Crippen LogP contribution in [0.4, 0.5) is 0 Å². The highest BCUT2D eigenvalue weighted by molar-refractivity contribution is 5.93. The van der Waals surface area contributed by atoms with Gasteiger partial charge in [0.25, 0.3) is 5.91 Å². The summed E-state index contributed by atoms with van der Waals surface area (Å²) in [6.07, 6.45) is 3.54. The smallest absolute Gasteiger partial charge is 0.325 e. The summed E-state index contributed by atoms with van der Waals surface area (Å²) in [6.45, 7) is 0.317. The Morgan fingerprint density at radius 3 is 3.00 bits per heavy atom. The standard InChI is InChI=1S/C10H12N2O4/c13-9(15-6-7-1-2-7)5-11-10(14)8-3-4-16-12-8/h3-4,7H,1-2,5-6H2,(H,11,14). The molecule has 6 heteroatoms. The first-order valence-corrected chi connectivity index (χ1v) is 5.10. The van der Waals surface area contributed by atoms with Crippen LogP contribution in [0.15, 0.2) is 16.9 Å². The average molecular weight is 224 g/mol. The van der Waals surface area contributed by atoms with E-state index in [0.717, 1.165) is 12.8 Å². The molecule has 2 rings (SSSR count). The van der Waals surface area contributed by atoms with Gasteiger partial charge in [-0.1, -0.05) is 5.16 Å². The summed E-state index contributed by atoms with van der Waals surface area (Å²) in [7, 11) is 0. The number of carbonyl (C=O) groups excluding carboxylic acids is 2. The molecule has 0 saturated heterocycles. The number of amides is 1. The van der Waals surface area contributed by atoms with E-state index in [1.807, 2.05) is 0 Å². The van der Waals surface area contributed by atoms with Gasteiger partial charge in [0.05, 0.1) is 6.61 Å². The highest BCUT2D eigenvalue weighted by Crippen LogP contribution is 2.28. The second-order valence-electron chi connectivity index (χ2n) is 3.69. The number of carbonyl (C=O) groups is 2. The number of aromatic nitrogens is 1. The van der Waals surface area contributed by atoms with Crippen LogP contribution < -0.4 is 5.32 Å². The van der Waals surface area contributed by atoms with Crippen LogP contribution in [0.2, 0.25) is 0 Å². The molecule has 1 aromatic rings. The van der Waals surface area contributed by atoms with Crippen molar-refractivity contribution in [2.45, 2.75) is 12.8 Å². The molecule has 0 atom stereocenters. The molecule has 1 aromatic heterocycles. The van der Waals surface area contributed by atoms with Crippen molar-refractivity contribution in [1.29, 1.82) is 0 Å². The van der Waals surface area contributed by atoms with Crippen LogP contribution in [0, 0.1) is 5.92 Å². The second-order valence-corrected chi connectivity index (χ2v) is 3.69. The molecule has 1 fully saturated rings. The third-order valence-corrected chi connectivity index (χ3v) is 2.24. The van der Waals surface area contributed by atoms with E-state index >= 15 is 0 Å². The molecule has 1 amide bonds. The lowest BCUT2D eigenvalue weighted by Gasteiger charge is -2.04. The van der Waals surface area contributed by atoms with Crippen molar-refractivity contribution in [3.05, 3.63) is 18.0 Å². The molecular formula is C10H12N2O4. The fraction of sp³-hybridized carbons (Fsp3) is 0.500. The first kappa shape index (κ1) is 10.7. The van der Waals surface area contributed by atoms with Gasteiger partial charge in [0.1, 0.15) is 12.8 Å². The van der Waals surface area contributed by atoms with Gasteiger partial charge in [-0.25, -0.2) is 0 Å². The van der Waals surface area contributed by atoms with Crippen LogP contribution in [0.5, 0.6) is 0 Å². The number of nitrogens with zero attached hydrogens (tertiary/aromatic N) is 1. The zero-order valence-electron chi connectivity index (χ0n) is 8.64. The van der Waals surface area contributed by atoms with Gasteiger partial charge in [-0.2, -0.15) is 0 Å². The predicted octanol–water partition coefficient (Wildman–Crippen LogP) is 0.358. The number of esters is 1. The summed E-state index contributed by atoms with van der Waals surface area (Å²) in [5, 5.41) is 5.83. The van der Waals surface area contributed by atoms with Crippen molar-refractivity contribution in [2.24, 2.45) is 5.92 Å². The summed E-state index contributed by atoms with van der Waals surface area (Å²) in [5.41, 5.74) is 0.148. The van der Waals surface area contributed by atoms with Crippen LogP contribution in [-0.2, 0) is 9.53 Å². The Bertz CT molecular complexity index is 370. The van der Waals surface area contributed by atoms with Crippen LogP contribution in [0.25, 0.3) is 0 Å². The first-order valence-electron chi connectivity index (χ1n) is 5.10. The highest BCUT2D eigenvalue weighted by Gasteiger charge is 2.23. The van der Waals surface area contributed by atoms with Gasteiger partial charge < -0.3 is 14.6 Å². The van der Waals surface area contributed by atoms with E-state index < -0.39 is 11.9 Å². The Morgan fingerprint density at radius 2 is 2.38 bits per heavy atom. The van der Waals surface area contributed by atoms with Gasteiger partial charge in [0.15, 0.2) is 5.69 Å². The van der Waals surface area contributed by atoms with Gasteiger partial charge in [0, 0.05) is 6.07 Å². The zero-order chi connectivity index (χ0) is 11.4. The quantitative estimate of drug-likeness (QED) is 0.730. The largest absolute Gasteiger partial charge is 0.464 e. The van der Waals surface area contributed by atoms with Gasteiger partial charge in [-0.15, -0.1) is 0 Å². The van der Waals surface area contributed by atoms with E-state index in [4.69, 9.17) is 4.74 Å². The van der Waals surface area contributed by atoms with Gasteiger partial charge in [-0.05, 0) is 18.8 Å². The fourth-order valence-corrected chi connectivity index (χ4v) is 1.12. The Balaban J connectivity index is 1.66. The molecule has 1 N–H and O–H groups in total. The molecule has 0 aromatic carbocycles. The molecule has 0 bridgehead atoms. The molecule has 16 heavy (non-hydrogen) atoms. The van der Waals surface area contributed by atoms with Gasteiger partial charge in [0.2, 0.25) is 0 Å². The van der Waals surface area contributed by atoms with E-state index in [2.05, 4.69) is 15.0 Å². The van der Waals surface area contributed by atoms with Crippen molar-refractivity contribution in [3.8, 4) is 0 Å². The lowest BCUT2D eigenvalue weighted by Crippen LogP contribution is -2.31. The van der Waals surface area contributed by atoms with Crippen LogP contribution >= 0.6 is 0 Å². The highest BCUT2D eigenvalue weighted by atomic mass is 16.5. The van der Waals surface area contributed by atoms with Crippen LogP contribution in [0.3, 0.4) is 0 Å². The zero-order valence-corrected chi connectivity index (χ0v) is 8.64. The Kier molecular flexibility index (Phi) is 3.19. The lowest BCUT2D eigenvalue weighted by atomic mass is 10.4. The van der Waals surface area contributed by atoms with Gasteiger partial charge in [-0.3, -0.25) is 9.59 Å². The summed E-state index contributed by atoms with van der Waals surface area (Å²) >= 11 is 0. The normalized spacial score (nSPS) is 14.5. The summed E-state index contributed by atoms with van der Waals surface area (Å²) < 4.78 is 9.44. The minimum atomic E-state index is -0.447. The molecule has 0 spiro atoms. The molecular weight excluding hydrogens is 212 g/mol. The third-order valence-electron chi connectivity index (χ3n) is 2.24. The van der Waals surface area contributed by atoms with Crippen molar-refractivity contribution in [2.75, 3.05) is 13.2 Å². The molecule has 1 heterocycles. The lowest BCUT2D eigenvalue weighted by molar-refractivity contribution is -0.142. The number of hydrogen-bond donors (Lipinski definition) is 1. The van der Waals surface area contributed by atoms with E-state index in [0.29, 0.717) is 12.5 Å². The van der Waals surface area contributed by atoms with Crippen molar-refractivity contribution < 1.29 is 18.8 Å². The maximum Gasteiger partial charge on any atom is 0.325 e. The van der Waals surface area contributed by atoms with E-state index in [9.17, 15) is 9.59 Å². The number of ether oxygens (including phenoxy) is 1. The van der Waals surface area contributed by atoms with Crippen molar-refractivity contribution in [1.82, 2.24) is 10.5 Å². The molecule has 1 aliphatic carbocycles. The number of nitrogens with one attached hydrogen (secondary N) is 1. The summed E-state index contributed by atoms with van der Waals surface area (Å²) in [4.78, 5) is 22.5. The Hall–Kier alpha value is -1.85. The Morgan fingerprint density at radius 1 is 1.56 bits per heavy atom. The second kappa shape index (κ2) is 4.78. The van der Waals surface area contributed by atoms with Crippen molar-refractivity contribution >= 4 is 11.9 Å². The average Bonchev–Trinajstić information content (AvgIpc) is 2.95. The molecule has 1 aliphatic rings. The molecule has 0 aliphatic heterocycles. The fourth-order valence-electron chi connectivity index (χ4n) is 1.12. The van der Waals surface area contributed by atoms with E-state index in [1.54, 1.807) is 0 Å². The number of hydrogen-bond acceptors (Lipinski definition) is 5. The third kappa shape index (κ3) is 3.08. The van der Waals surface area contributed by atoms with E-state index in [-0.39, 0.29) is 12.2 Å². The minimum absolute atomic E-state index is 0.140. The summed E-state index contributed by atoms with van der Waals surface area (Å²) in [5.74, 6) is -0.351. The molecule has 1 saturated carbocycles. The van der Waals surface area contributed by atoms with E-state index in [1.165, 1.54) is 12.3 Å². The van der Waals surface area contributed by atoms with Crippen LogP contribution in [-0.4, -0.2) is 30.2 Å².